The number of nitrogens with two attached hydrogens (primary N) is 1. The van der Waals surface area contributed by atoms with E-state index in [2.05, 4.69) is 0 Å². The molecule has 0 aliphatic carbocycles. The lowest BCUT2D eigenvalue weighted by Crippen LogP contribution is -2.47. The molecule has 0 spiro atoms. The average molecular weight is 174 g/mol. The van der Waals surface area contributed by atoms with Crippen molar-refractivity contribution in [3.8, 4) is 0 Å². The fraction of sp³-hybridized carbons (Fsp3) is 0.857. The van der Waals surface area contributed by atoms with Gasteiger partial charge in [-0.2, -0.15) is 0 Å². The first kappa shape index (κ1) is 9.44. The van der Waals surface area contributed by atoms with E-state index >= 15 is 0 Å². The standard InChI is InChI=1S/C7H14N2O3/c8-1-2-9-3-4-12-6(5-9)7(10)11/h6H,1-5,8H2,(H,10,11). The Labute approximate surface area is 71.1 Å². The Morgan fingerprint density at radius 2 is 2.50 bits per heavy atom. The lowest BCUT2D eigenvalue weighted by atomic mass is 10.3. The van der Waals surface area contributed by atoms with Gasteiger partial charge in [0.15, 0.2) is 6.10 Å². The molecule has 1 heterocycles. The molecule has 0 aromatic carbocycles. The smallest absolute Gasteiger partial charge is 0.334 e. The molecule has 0 bridgehead atoms. The van der Waals surface area contributed by atoms with Crippen LogP contribution in [0.15, 0.2) is 0 Å². The van der Waals surface area contributed by atoms with Gasteiger partial charge in [-0.15, -0.1) is 0 Å². The van der Waals surface area contributed by atoms with E-state index in [0.717, 1.165) is 13.1 Å². The highest BCUT2D eigenvalue weighted by Gasteiger charge is 2.25. The molecule has 5 heteroatoms. The lowest BCUT2D eigenvalue weighted by molar-refractivity contribution is -0.155. The molecule has 70 valence electrons. The van der Waals surface area contributed by atoms with Crippen molar-refractivity contribution in [1.29, 1.82) is 0 Å². The molecule has 1 aliphatic rings. The number of rotatable bonds is 3. The number of carboxylic acids is 1. The summed E-state index contributed by atoms with van der Waals surface area (Å²) in [6.45, 7) is 3.02. The van der Waals surface area contributed by atoms with E-state index in [1.807, 2.05) is 4.90 Å². The molecule has 1 fully saturated rings. The highest BCUT2D eigenvalue weighted by Crippen LogP contribution is 2.03. The van der Waals surface area contributed by atoms with Gasteiger partial charge in [-0.1, -0.05) is 0 Å². The summed E-state index contributed by atoms with van der Waals surface area (Å²) in [6.07, 6.45) is -0.676. The predicted octanol–water partition coefficient (Wildman–Crippen LogP) is -1.27. The zero-order valence-corrected chi connectivity index (χ0v) is 6.90. The summed E-state index contributed by atoms with van der Waals surface area (Å²) >= 11 is 0. The molecule has 0 aromatic rings. The first-order chi connectivity index (χ1) is 5.74. The highest BCUT2D eigenvalue weighted by atomic mass is 16.5. The number of carbonyl (C=O) groups is 1. The summed E-state index contributed by atoms with van der Waals surface area (Å²) in [6, 6.07) is 0. The van der Waals surface area contributed by atoms with Crippen molar-refractivity contribution >= 4 is 5.97 Å². The second kappa shape index (κ2) is 4.39. The summed E-state index contributed by atoms with van der Waals surface area (Å²) in [7, 11) is 0. The van der Waals surface area contributed by atoms with E-state index in [0.29, 0.717) is 19.7 Å². The lowest BCUT2D eigenvalue weighted by Gasteiger charge is -2.30. The number of carboxylic acid groups (broad SMARTS) is 1. The second-order valence-electron chi connectivity index (χ2n) is 2.79. The van der Waals surface area contributed by atoms with Gasteiger partial charge in [0.25, 0.3) is 0 Å². The minimum atomic E-state index is -0.892. The number of morpholine rings is 1. The van der Waals surface area contributed by atoms with E-state index < -0.39 is 12.1 Å². The summed E-state index contributed by atoms with van der Waals surface area (Å²) in [5.74, 6) is -0.892. The molecular formula is C7H14N2O3. The van der Waals surface area contributed by atoms with Gasteiger partial charge in [0, 0.05) is 26.2 Å². The van der Waals surface area contributed by atoms with Gasteiger partial charge in [0.1, 0.15) is 0 Å². The SMILES string of the molecule is NCCN1CCOC(C(=O)O)C1. The summed E-state index contributed by atoms with van der Waals surface area (Å²) < 4.78 is 5.03. The van der Waals surface area contributed by atoms with Crippen molar-refractivity contribution in [2.45, 2.75) is 6.10 Å². The first-order valence-corrected chi connectivity index (χ1v) is 4.01. The van der Waals surface area contributed by atoms with Gasteiger partial charge in [-0.3, -0.25) is 4.90 Å². The van der Waals surface area contributed by atoms with E-state index in [1.165, 1.54) is 0 Å². The van der Waals surface area contributed by atoms with E-state index in [-0.39, 0.29) is 0 Å². The Kier molecular flexibility index (Phi) is 3.46. The van der Waals surface area contributed by atoms with Gasteiger partial charge in [-0.25, -0.2) is 4.79 Å². The highest BCUT2D eigenvalue weighted by molar-refractivity contribution is 5.72. The molecule has 1 aliphatic heterocycles. The Bertz CT molecular complexity index is 161. The van der Waals surface area contributed by atoms with Crippen LogP contribution < -0.4 is 5.73 Å². The van der Waals surface area contributed by atoms with Crippen LogP contribution in [-0.4, -0.2) is 54.9 Å². The molecular weight excluding hydrogens is 160 g/mol. The molecule has 0 amide bonds. The van der Waals surface area contributed by atoms with Crippen LogP contribution in [0.25, 0.3) is 0 Å². The Balaban J connectivity index is 2.35. The van der Waals surface area contributed by atoms with Crippen LogP contribution in [-0.2, 0) is 9.53 Å². The molecule has 0 radical (unpaired) electrons. The van der Waals surface area contributed by atoms with Crippen LogP contribution in [0.3, 0.4) is 0 Å². The molecule has 1 atom stereocenters. The van der Waals surface area contributed by atoms with Gasteiger partial charge in [-0.05, 0) is 0 Å². The molecule has 3 N–H and O–H groups in total. The Morgan fingerprint density at radius 3 is 3.08 bits per heavy atom. The van der Waals surface area contributed by atoms with Crippen LogP contribution in [0.2, 0.25) is 0 Å². The maximum Gasteiger partial charge on any atom is 0.334 e. The van der Waals surface area contributed by atoms with Crippen LogP contribution in [0.5, 0.6) is 0 Å². The van der Waals surface area contributed by atoms with Gasteiger partial charge >= 0.3 is 5.97 Å². The quantitative estimate of drug-likeness (QED) is 0.558. The molecule has 0 saturated carbocycles. The number of hydrogen-bond acceptors (Lipinski definition) is 4. The third kappa shape index (κ3) is 2.44. The zero-order valence-electron chi connectivity index (χ0n) is 6.90. The van der Waals surface area contributed by atoms with Gasteiger partial charge in [0.05, 0.1) is 6.61 Å². The third-order valence-corrected chi connectivity index (χ3v) is 1.87. The molecule has 1 unspecified atom stereocenters. The zero-order chi connectivity index (χ0) is 8.97. The minimum Gasteiger partial charge on any atom is -0.479 e. The number of hydrogen-bond donors (Lipinski definition) is 2. The second-order valence-corrected chi connectivity index (χ2v) is 2.79. The van der Waals surface area contributed by atoms with Gasteiger partial charge < -0.3 is 15.6 Å². The van der Waals surface area contributed by atoms with Crippen LogP contribution in [0.1, 0.15) is 0 Å². The van der Waals surface area contributed by atoms with Crippen molar-refractivity contribution in [2.24, 2.45) is 5.73 Å². The molecule has 0 aromatic heterocycles. The molecule has 5 nitrogen and oxygen atoms in total. The summed E-state index contributed by atoms with van der Waals surface area (Å²) in [5, 5.41) is 8.64. The summed E-state index contributed by atoms with van der Waals surface area (Å²) in [5.41, 5.74) is 5.35. The van der Waals surface area contributed by atoms with Crippen molar-refractivity contribution in [2.75, 3.05) is 32.8 Å². The van der Waals surface area contributed by atoms with E-state index in [1.54, 1.807) is 0 Å². The number of ether oxygens (including phenoxy) is 1. The van der Waals surface area contributed by atoms with Crippen molar-refractivity contribution in [3.05, 3.63) is 0 Å². The van der Waals surface area contributed by atoms with E-state index in [4.69, 9.17) is 15.6 Å². The normalized spacial score (nSPS) is 25.6. The Morgan fingerprint density at radius 1 is 1.75 bits per heavy atom. The number of nitrogens with zero attached hydrogens (tertiary/aromatic N) is 1. The van der Waals surface area contributed by atoms with E-state index in [9.17, 15) is 4.79 Å². The molecule has 1 saturated heterocycles. The monoisotopic (exact) mass is 174 g/mol. The fourth-order valence-electron chi connectivity index (χ4n) is 1.24. The predicted molar refractivity (Wildman–Crippen MR) is 42.9 cm³/mol. The van der Waals surface area contributed by atoms with Crippen LogP contribution in [0.4, 0.5) is 0 Å². The van der Waals surface area contributed by atoms with Crippen LogP contribution in [0, 0.1) is 0 Å². The largest absolute Gasteiger partial charge is 0.479 e. The maximum atomic E-state index is 10.5. The third-order valence-electron chi connectivity index (χ3n) is 1.87. The number of aliphatic carboxylic acids is 1. The molecule has 12 heavy (non-hydrogen) atoms. The topological polar surface area (TPSA) is 75.8 Å². The minimum absolute atomic E-state index is 0.451. The fourth-order valence-corrected chi connectivity index (χ4v) is 1.24. The van der Waals surface area contributed by atoms with Crippen LogP contribution >= 0.6 is 0 Å². The van der Waals surface area contributed by atoms with Gasteiger partial charge in [0.2, 0.25) is 0 Å². The summed E-state index contributed by atoms with van der Waals surface area (Å²) in [4.78, 5) is 12.5. The van der Waals surface area contributed by atoms with Crippen molar-refractivity contribution < 1.29 is 14.6 Å². The van der Waals surface area contributed by atoms with Crippen molar-refractivity contribution in [3.63, 3.8) is 0 Å². The maximum absolute atomic E-state index is 10.5. The first-order valence-electron chi connectivity index (χ1n) is 4.01. The molecule has 1 rings (SSSR count). The Hall–Kier alpha value is -0.650. The van der Waals surface area contributed by atoms with Crippen molar-refractivity contribution in [1.82, 2.24) is 4.90 Å². The average Bonchev–Trinajstić information content (AvgIpc) is 2.05.